The molecule has 8 heteroatoms. The van der Waals surface area contributed by atoms with Gasteiger partial charge < -0.3 is 9.84 Å². The fraction of sp³-hybridized carbons (Fsp3) is 0.692. The molecule has 4 atom stereocenters. The van der Waals surface area contributed by atoms with Crippen LogP contribution in [0.2, 0.25) is 0 Å². The summed E-state index contributed by atoms with van der Waals surface area (Å²) in [5, 5.41) is 23.1. The van der Waals surface area contributed by atoms with Gasteiger partial charge >= 0.3 is 12.1 Å². The highest BCUT2D eigenvalue weighted by Crippen LogP contribution is 2.48. The van der Waals surface area contributed by atoms with Gasteiger partial charge in [-0.2, -0.15) is 0 Å². The number of carboxylic acid groups (broad SMARTS) is 1. The smallest absolute Gasteiger partial charge is 0.408 e. The third kappa shape index (κ3) is 2.45. The molecule has 2 N–H and O–H groups in total. The van der Waals surface area contributed by atoms with Crippen molar-refractivity contribution in [2.45, 2.75) is 44.4 Å². The minimum Gasteiger partial charge on any atom is -0.479 e. The molecule has 2 rings (SSSR count). The second-order valence-corrected chi connectivity index (χ2v) is 6.42. The van der Waals surface area contributed by atoms with Gasteiger partial charge in [-0.25, -0.2) is 9.59 Å². The first kappa shape index (κ1) is 15.3. The number of carbonyl (C=O) groups excluding carboxylic acids is 1. The number of ether oxygens (including phenoxy) is 1. The number of amides is 1. The van der Waals surface area contributed by atoms with Crippen molar-refractivity contribution >= 4 is 12.1 Å². The molecule has 1 saturated carbocycles. The molecule has 2 aliphatic rings. The Morgan fingerprint density at radius 2 is 2.05 bits per heavy atom. The summed E-state index contributed by atoms with van der Waals surface area (Å²) in [6, 6.07) is -1.39. The zero-order chi connectivity index (χ0) is 16.0. The van der Waals surface area contributed by atoms with Crippen LogP contribution in [0.15, 0.2) is 12.2 Å². The molecule has 21 heavy (non-hydrogen) atoms. The number of nitrogens with one attached hydrogen (secondary N) is 1. The van der Waals surface area contributed by atoms with Crippen LogP contribution in [-0.4, -0.2) is 39.3 Å². The van der Waals surface area contributed by atoms with Gasteiger partial charge in [-0.1, -0.05) is 12.2 Å². The standard InChI is InChI=1S/C13H18N2O6/c1-12(2,3)21-11(18)14-13(10(16)17)8-5-4-7(6-8)9(13)15(19)20/h4-5,7-9H,6H2,1-3H3,(H,14,18)(H,16,17)/t7-,8+,9-,13+/m1/s1. The van der Waals surface area contributed by atoms with Crippen LogP contribution in [0.3, 0.4) is 0 Å². The Labute approximate surface area is 121 Å². The van der Waals surface area contributed by atoms with E-state index in [1.54, 1.807) is 32.9 Å². The van der Waals surface area contributed by atoms with Crippen LogP contribution in [0.25, 0.3) is 0 Å². The van der Waals surface area contributed by atoms with Gasteiger partial charge in [-0.15, -0.1) is 0 Å². The van der Waals surface area contributed by atoms with Gasteiger partial charge in [0, 0.05) is 16.8 Å². The van der Waals surface area contributed by atoms with Crippen LogP contribution < -0.4 is 5.32 Å². The lowest BCUT2D eigenvalue weighted by Gasteiger charge is -2.34. The number of hydrogen-bond acceptors (Lipinski definition) is 5. The van der Waals surface area contributed by atoms with Crippen molar-refractivity contribution in [3.8, 4) is 0 Å². The van der Waals surface area contributed by atoms with Crippen molar-refractivity contribution in [3.63, 3.8) is 0 Å². The molecule has 8 nitrogen and oxygen atoms in total. The maximum absolute atomic E-state index is 11.9. The molecule has 0 unspecified atom stereocenters. The van der Waals surface area contributed by atoms with Gasteiger partial charge in [0.25, 0.3) is 6.04 Å². The molecule has 2 aliphatic carbocycles. The number of fused-ring (bicyclic) bond motifs is 2. The van der Waals surface area contributed by atoms with E-state index in [1.807, 2.05) is 0 Å². The first-order chi connectivity index (χ1) is 9.58. The van der Waals surface area contributed by atoms with E-state index in [9.17, 15) is 24.8 Å². The lowest BCUT2D eigenvalue weighted by molar-refractivity contribution is -0.535. The number of carboxylic acids is 1. The normalized spacial score (nSPS) is 33.8. The number of alkyl carbamates (subject to hydrolysis) is 1. The number of aliphatic carboxylic acids is 1. The minimum atomic E-state index is -1.95. The van der Waals surface area contributed by atoms with Gasteiger partial charge in [0.15, 0.2) is 0 Å². The van der Waals surface area contributed by atoms with E-state index in [0.29, 0.717) is 6.42 Å². The van der Waals surface area contributed by atoms with Gasteiger partial charge in [0.05, 0.1) is 0 Å². The zero-order valence-corrected chi connectivity index (χ0v) is 12.0. The fourth-order valence-electron chi connectivity index (χ4n) is 3.16. The largest absolute Gasteiger partial charge is 0.479 e. The zero-order valence-electron chi connectivity index (χ0n) is 12.0. The number of rotatable bonds is 3. The summed E-state index contributed by atoms with van der Waals surface area (Å²) in [5.41, 5.74) is -2.77. The predicted molar refractivity (Wildman–Crippen MR) is 71.3 cm³/mol. The molecule has 0 heterocycles. The van der Waals surface area contributed by atoms with Crippen LogP contribution in [0.1, 0.15) is 27.2 Å². The molecule has 0 saturated heterocycles. The third-order valence-corrected chi connectivity index (χ3v) is 3.86. The topological polar surface area (TPSA) is 119 Å². The van der Waals surface area contributed by atoms with Crippen molar-refractivity contribution < 1.29 is 24.4 Å². The highest BCUT2D eigenvalue weighted by molar-refractivity contribution is 5.87. The van der Waals surface area contributed by atoms with E-state index >= 15 is 0 Å². The van der Waals surface area contributed by atoms with Crippen LogP contribution in [0.4, 0.5) is 4.79 Å². The summed E-state index contributed by atoms with van der Waals surface area (Å²) < 4.78 is 5.05. The summed E-state index contributed by atoms with van der Waals surface area (Å²) in [4.78, 5) is 34.3. The molecule has 0 aromatic heterocycles. The minimum absolute atomic E-state index is 0.341. The van der Waals surface area contributed by atoms with Crippen LogP contribution >= 0.6 is 0 Å². The highest BCUT2D eigenvalue weighted by atomic mass is 16.6. The SMILES string of the molecule is CC(C)(C)OC(=O)N[C@@]1(C(=O)O)[C@H]2C=C[C@H](C2)[C@H]1[N+](=O)[O-]. The van der Waals surface area contributed by atoms with Crippen molar-refractivity contribution in [2.75, 3.05) is 0 Å². The van der Waals surface area contributed by atoms with E-state index in [2.05, 4.69) is 5.32 Å². The molecule has 0 spiro atoms. The molecule has 1 fully saturated rings. The molecule has 1 amide bonds. The summed E-state index contributed by atoms with van der Waals surface area (Å²) in [5.74, 6) is -2.51. The van der Waals surface area contributed by atoms with E-state index in [1.165, 1.54) is 0 Å². The number of hydrogen-bond donors (Lipinski definition) is 2. The number of nitrogens with zero attached hydrogens (tertiary/aromatic N) is 1. The average Bonchev–Trinajstić information content (AvgIpc) is 2.84. The summed E-state index contributed by atoms with van der Waals surface area (Å²) in [7, 11) is 0. The van der Waals surface area contributed by atoms with E-state index in [-0.39, 0.29) is 0 Å². The Morgan fingerprint density at radius 3 is 2.52 bits per heavy atom. The first-order valence-corrected chi connectivity index (χ1v) is 6.64. The molecule has 0 aromatic carbocycles. The molecule has 0 radical (unpaired) electrons. The monoisotopic (exact) mass is 298 g/mol. The molecule has 116 valence electrons. The van der Waals surface area contributed by atoms with Crippen LogP contribution in [0.5, 0.6) is 0 Å². The highest BCUT2D eigenvalue weighted by Gasteiger charge is 2.68. The molecule has 0 aromatic rings. The van der Waals surface area contributed by atoms with Crippen LogP contribution in [0, 0.1) is 22.0 Å². The van der Waals surface area contributed by atoms with Gasteiger partial charge in [-0.05, 0) is 27.2 Å². The third-order valence-electron chi connectivity index (χ3n) is 3.86. The maximum Gasteiger partial charge on any atom is 0.408 e. The van der Waals surface area contributed by atoms with Gasteiger partial charge in [-0.3, -0.25) is 15.4 Å². The Morgan fingerprint density at radius 1 is 1.43 bits per heavy atom. The summed E-state index contributed by atoms with van der Waals surface area (Å²) in [6.45, 7) is 4.89. The van der Waals surface area contributed by atoms with Crippen molar-refractivity contribution in [1.29, 1.82) is 0 Å². The van der Waals surface area contributed by atoms with Gasteiger partial charge in [0.2, 0.25) is 5.54 Å². The fourth-order valence-corrected chi connectivity index (χ4v) is 3.16. The Balaban J connectivity index is 2.33. The van der Waals surface area contributed by atoms with E-state index in [0.717, 1.165) is 0 Å². The number of nitro groups is 1. The predicted octanol–water partition coefficient (Wildman–Crippen LogP) is 1.19. The lowest BCUT2D eigenvalue weighted by atomic mass is 9.80. The maximum atomic E-state index is 11.9. The first-order valence-electron chi connectivity index (χ1n) is 6.64. The Bertz CT molecular complexity index is 523. The van der Waals surface area contributed by atoms with Crippen molar-refractivity contribution in [2.24, 2.45) is 11.8 Å². The van der Waals surface area contributed by atoms with E-state index in [4.69, 9.17) is 4.74 Å². The molecule has 2 bridgehead atoms. The lowest BCUT2D eigenvalue weighted by Crippen LogP contribution is -2.66. The second-order valence-electron chi connectivity index (χ2n) is 6.42. The summed E-state index contributed by atoms with van der Waals surface area (Å²) >= 11 is 0. The Hall–Kier alpha value is -2.12. The average molecular weight is 298 g/mol. The number of carbonyl (C=O) groups is 2. The van der Waals surface area contributed by atoms with E-state index < -0.39 is 46.0 Å². The molecular weight excluding hydrogens is 280 g/mol. The summed E-state index contributed by atoms with van der Waals surface area (Å²) in [6.07, 6.45) is 2.65. The quantitative estimate of drug-likeness (QED) is 0.459. The Kier molecular flexibility index (Phi) is 3.43. The van der Waals surface area contributed by atoms with Crippen molar-refractivity contribution in [1.82, 2.24) is 5.32 Å². The molecule has 0 aliphatic heterocycles. The molecular formula is C13H18N2O6. The van der Waals surface area contributed by atoms with Gasteiger partial charge in [0.1, 0.15) is 5.60 Å². The van der Waals surface area contributed by atoms with Crippen molar-refractivity contribution in [3.05, 3.63) is 22.3 Å². The second kappa shape index (κ2) is 4.71. The van der Waals surface area contributed by atoms with Crippen LogP contribution in [-0.2, 0) is 9.53 Å².